The highest BCUT2D eigenvalue weighted by atomic mass is 32.2. The first kappa shape index (κ1) is 30.3. The molecule has 0 spiro atoms. The van der Waals surface area contributed by atoms with Crippen LogP contribution in [0.4, 0.5) is 0 Å². The SMILES string of the molecule is COc1ccc(S(=O)(=O)N2C[C@@H]3[C@H](C2)[C@H]3N2C(=O)C(c3ccncc3)(c3ccncc3)N(C)C2=CC(=O)c2ccc(C#N)cc2)cc1. The van der Waals surface area contributed by atoms with Gasteiger partial charge in [-0.05, 0) is 83.9 Å². The Balaban J connectivity index is 1.28. The summed E-state index contributed by atoms with van der Waals surface area (Å²) in [5, 5.41) is 9.22. The summed E-state index contributed by atoms with van der Waals surface area (Å²) in [4.78, 5) is 40.8. The molecule has 1 saturated carbocycles. The standard InChI is InChI=1S/C35H30N6O5S/c1-39-32(19-31(42)24-5-3-23(20-36)4-6-24)41(34(43)35(39,25-11-15-37-16-12-25)26-13-17-38-18-14-26)33-29-21-40(22-30(29)33)47(44,45)28-9-7-27(46-2)8-10-28/h3-19,29-30,33H,21-22H2,1-2H3/t29-,30+,33+. The molecule has 3 atom stereocenters. The molecule has 7 rings (SSSR count). The lowest BCUT2D eigenvalue weighted by atomic mass is 9.82. The maximum Gasteiger partial charge on any atom is 0.263 e. The third kappa shape index (κ3) is 4.78. The van der Waals surface area contributed by atoms with Crippen molar-refractivity contribution in [2.24, 2.45) is 11.8 Å². The zero-order valence-corrected chi connectivity index (χ0v) is 26.4. The Morgan fingerprint density at radius 2 is 1.47 bits per heavy atom. The monoisotopic (exact) mass is 646 g/mol. The number of pyridine rings is 2. The topological polar surface area (TPSA) is 137 Å². The van der Waals surface area contributed by atoms with Gasteiger partial charge in [-0.3, -0.25) is 24.5 Å². The predicted octanol–water partition coefficient (Wildman–Crippen LogP) is 3.42. The highest BCUT2D eigenvalue weighted by molar-refractivity contribution is 7.89. The number of fused-ring (bicyclic) bond motifs is 1. The molecule has 236 valence electrons. The molecule has 2 aromatic carbocycles. The van der Waals surface area contributed by atoms with Crippen molar-refractivity contribution in [3.8, 4) is 11.8 Å². The van der Waals surface area contributed by atoms with Gasteiger partial charge in [0.15, 0.2) is 11.3 Å². The van der Waals surface area contributed by atoms with Crippen LogP contribution in [-0.2, 0) is 20.4 Å². The van der Waals surface area contributed by atoms with E-state index in [4.69, 9.17) is 4.74 Å². The van der Waals surface area contributed by atoms with E-state index in [1.807, 2.05) is 4.90 Å². The molecule has 2 saturated heterocycles. The van der Waals surface area contributed by atoms with E-state index in [1.165, 1.54) is 29.6 Å². The fraction of sp³-hybridized carbons (Fsp3) is 0.229. The Morgan fingerprint density at radius 3 is 1.98 bits per heavy atom. The molecule has 0 N–H and O–H groups in total. The maximum absolute atomic E-state index is 15.0. The third-order valence-electron chi connectivity index (χ3n) is 9.49. The number of rotatable bonds is 8. The maximum atomic E-state index is 15.0. The molecule has 11 nitrogen and oxygen atoms in total. The number of allylic oxidation sites excluding steroid dienone is 1. The number of aromatic nitrogens is 2. The van der Waals surface area contributed by atoms with Gasteiger partial charge in [0, 0.05) is 74.4 Å². The second kappa shape index (κ2) is 11.5. The van der Waals surface area contributed by atoms with Gasteiger partial charge in [0.05, 0.1) is 23.6 Å². The van der Waals surface area contributed by atoms with Gasteiger partial charge in [-0.15, -0.1) is 0 Å². The van der Waals surface area contributed by atoms with E-state index in [-0.39, 0.29) is 47.6 Å². The number of piperidine rings is 1. The van der Waals surface area contributed by atoms with E-state index in [1.54, 1.807) is 97.4 Å². The normalized spacial score (nSPS) is 22.6. The second-order valence-electron chi connectivity index (χ2n) is 11.8. The molecule has 0 radical (unpaired) electrons. The number of benzene rings is 2. The van der Waals surface area contributed by atoms with E-state index in [0.29, 0.717) is 33.8 Å². The summed E-state index contributed by atoms with van der Waals surface area (Å²) in [7, 11) is -0.454. The van der Waals surface area contributed by atoms with Gasteiger partial charge in [-0.1, -0.05) is 0 Å². The molecule has 0 bridgehead atoms. The Kier molecular flexibility index (Phi) is 7.38. The molecule has 2 aromatic heterocycles. The number of ketones is 1. The van der Waals surface area contributed by atoms with E-state index in [2.05, 4.69) is 16.0 Å². The summed E-state index contributed by atoms with van der Waals surface area (Å²) in [6.45, 7) is 0.483. The van der Waals surface area contributed by atoms with Crippen LogP contribution >= 0.6 is 0 Å². The van der Waals surface area contributed by atoms with Crippen LogP contribution in [0, 0.1) is 23.2 Å². The van der Waals surface area contributed by atoms with Crippen LogP contribution in [0.5, 0.6) is 5.75 Å². The number of hydrogen-bond donors (Lipinski definition) is 0. The zero-order chi connectivity index (χ0) is 32.9. The first-order valence-electron chi connectivity index (χ1n) is 15.0. The lowest BCUT2D eigenvalue weighted by molar-refractivity contribution is -0.132. The van der Waals surface area contributed by atoms with Crippen LogP contribution in [-0.4, -0.2) is 77.5 Å². The van der Waals surface area contributed by atoms with Crippen LogP contribution in [0.15, 0.2) is 114 Å². The number of ether oxygens (including phenoxy) is 1. The largest absolute Gasteiger partial charge is 0.497 e. The van der Waals surface area contributed by atoms with Crippen molar-refractivity contribution in [2.45, 2.75) is 16.5 Å². The average molecular weight is 647 g/mol. The van der Waals surface area contributed by atoms with E-state index in [9.17, 15) is 18.5 Å². The minimum atomic E-state index is -3.76. The van der Waals surface area contributed by atoms with E-state index >= 15 is 4.79 Å². The lowest BCUT2D eigenvalue weighted by Crippen LogP contribution is -2.46. The smallest absolute Gasteiger partial charge is 0.263 e. The number of carbonyl (C=O) groups is 2. The van der Waals surface area contributed by atoms with Gasteiger partial charge >= 0.3 is 0 Å². The minimum Gasteiger partial charge on any atom is -0.497 e. The van der Waals surface area contributed by atoms with E-state index in [0.717, 1.165) is 0 Å². The Bertz CT molecular complexity index is 1980. The van der Waals surface area contributed by atoms with Crippen molar-refractivity contribution in [3.05, 3.63) is 132 Å². The van der Waals surface area contributed by atoms with Crippen molar-refractivity contribution < 1.29 is 22.7 Å². The van der Waals surface area contributed by atoms with Crippen molar-refractivity contribution in [2.75, 3.05) is 27.2 Å². The molecule has 3 aliphatic rings. The third-order valence-corrected chi connectivity index (χ3v) is 11.3. The highest BCUT2D eigenvalue weighted by Crippen LogP contribution is 2.56. The van der Waals surface area contributed by atoms with Crippen LogP contribution in [0.3, 0.4) is 0 Å². The molecule has 0 unspecified atom stereocenters. The number of nitrogens with zero attached hydrogens (tertiary/aromatic N) is 6. The fourth-order valence-electron chi connectivity index (χ4n) is 7.04. The zero-order valence-electron chi connectivity index (χ0n) is 25.6. The van der Waals surface area contributed by atoms with Crippen LogP contribution in [0.1, 0.15) is 27.0 Å². The molecular formula is C35H30N6O5S. The van der Waals surface area contributed by atoms with Gasteiger partial charge in [0.1, 0.15) is 11.6 Å². The Labute approximate surface area is 272 Å². The predicted molar refractivity (Wildman–Crippen MR) is 170 cm³/mol. The average Bonchev–Trinajstić information content (AvgIpc) is 3.46. The molecule has 12 heteroatoms. The number of methoxy groups -OCH3 is 1. The molecule has 4 aromatic rings. The summed E-state index contributed by atoms with van der Waals surface area (Å²) in [5.41, 5.74) is 0.794. The summed E-state index contributed by atoms with van der Waals surface area (Å²) >= 11 is 0. The number of carbonyl (C=O) groups excluding carboxylic acids is 2. The molecule has 4 heterocycles. The molecule has 47 heavy (non-hydrogen) atoms. The highest BCUT2D eigenvalue weighted by Gasteiger charge is 2.67. The molecule has 1 aliphatic carbocycles. The molecular weight excluding hydrogens is 616 g/mol. The van der Waals surface area contributed by atoms with Gasteiger partial charge in [0.2, 0.25) is 10.0 Å². The van der Waals surface area contributed by atoms with Crippen LogP contribution < -0.4 is 4.74 Å². The summed E-state index contributed by atoms with van der Waals surface area (Å²) in [5.74, 6) is 0.136. The van der Waals surface area contributed by atoms with Crippen molar-refractivity contribution in [3.63, 3.8) is 0 Å². The first-order chi connectivity index (χ1) is 22.7. The first-order valence-corrected chi connectivity index (χ1v) is 16.4. The minimum absolute atomic E-state index is 0.125. The molecule has 2 aliphatic heterocycles. The quantitative estimate of drug-likeness (QED) is 0.208. The lowest BCUT2D eigenvalue weighted by Gasteiger charge is -2.35. The van der Waals surface area contributed by atoms with Crippen molar-refractivity contribution in [1.82, 2.24) is 24.1 Å². The summed E-state index contributed by atoms with van der Waals surface area (Å²) in [6.07, 6.45) is 7.97. The van der Waals surface area contributed by atoms with Gasteiger partial charge in [0.25, 0.3) is 5.91 Å². The van der Waals surface area contributed by atoms with E-state index < -0.39 is 15.6 Å². The summed E-state index contributed by atoms with van der Waals surface area (Å²) in [6, 6.07) is 21.5. The van der Waals surface area contributed by atoms with Crippen LogP contribution in [0.2, 0.25) is 0 Å². The number of sulfonamides is 1. The number of hydrogen-bond acceptors (Lipinski definition) is 9. The van der Waals surface area contributed by atoms with Gasteiger partial charge in [-0.25, -0.2) is 8.42 Å². The van der Waals surface area contributed by atoms with Crippen LogP contribution in [0.25, 0.3) is 0 Å². The van der Waals surface area contributed by atoms with Crippen molar-refractivity contribution in [1.29, 1.82) is 5.26 Å². The Hall–Kier alpha value is -5.38. The molecule has 3 fully saturated rings. The van der Waals surface area contributed by atoms with Gasteiger partial charge in [-0.2, -0.15) is 9.57 Å². The molecule has 1 amide bonds. The Morgan fingerprint density at radius 1 is 0.915 bits per heavy atom. The van der Waals surface area contributed by atoms with Gasteiger partial charge < -0.3 is 9.64 Å². The summed E-state index contributed by atoms with van der Waals surface area (Å²) < 4.78 is 33.7. The second-order valence-corrected chi connectivity index (χ2v) is 13.7. The number of amides is 1. The number of likely N-dealkylation sites (N-methyl/N-ethyl adjacent to an activating group) is 1. The number of nitriles is 1. The van der Waals surface area contributed by atoms with Crippen molar-refractivity contribution >= 4 is 21.7 Å². The fourth-order valence-corrected chi connectivity index (χ4v) is 8.55.